The number of hydrogen-bond acceptors (Lipinski definition) is 0. The van der Waals surface area contributed by atoms with Crippen molar-refractivity contribution in [3.8, 4) is 0 Å². The van der Waals surface area contributed by atoms with Gasteiger partial charge in [-0.25, -0.2) is 8.78 Å². The Bertz CT molecular complexity index is 197. The maximum atomic E-state index is 12.6. The van der Waals surface area contributed by atoms with Gasteiger partial charge >= 0.3 is 24.2 Å². The second-order valence-electron chi connectivity index (χ2n) is 3.07. The minimum absolute atomic E-state index is 0.454. The highest BCUT2D eigenvalue weighted by Gasteiger charge is 2.76. The summed E-state index contributed by atoms with van der Waals surface area (Å²) in [4.78, 5) is 0. The monoisotopic (exact) mass is 243 g/mol. The lowest BCUT2D eigenvalue weighted by Crippen LogP contribution is -2.58. The quantitative estimate of drug-likeness (QED) is 0.659. The first kappa shape index (κ1) is 14.4. The highest BCUT2D eigenvalue weighted by Crippen LogP contribution is 2.51. The van der Waals surface area contributed by atoms with Crippen LogP contribution in [0.25, 0.3) is 0 Å². The van der Waals surface area contributed by atoms with Crippen LogP contribution in [-0.2, 0) is 0 Å². The Labute approximate surface area is 80.3 Å². The lowest BCUT2D eigenvalue weighted by atomic mass is 9.95. The first-order valence-corrected chi connectivity index (χ1v) is 3.61. The molecule has 0 unspecified atom stereocenters. The average molecular weight is 243 g/mol. The van der Waals surface area contributed by atoms with Crippen LogP contribution in [-0.4, -0.2) is 24.2 Å². The molecule has 0 atom stereocenters. The van der Waals surface area contributed by atoms with Crippen molar-refractivity contribution in [3.63, 3.8) is 0 Å². The normalized spacial score (nSPS) is 15.2. The molecule has 0 saturated carbocycles. The molecule has 0 rings (SSSR count). The lowest BCUT2D eigenvalue weighted by Gasteiger charge is -2.34. The van der Waals surface area contributed by atoms with Gasteiger partial charge in [0.05, 0.1) is 0 Å². The van der Waals surface area contributed by atoms with Crippen LogP contribution in [0.15, 0.2) is 0 Å². The molecule has 0 nitrogen and oxygen atoms in total. The van der Waals surface area contributed by atoms with Crippen molar-refractivity contribution >= 4 is 0 Å². The van der Waals surface area contributed by atoms with Gasteiger partial charge in [0.1, 0.15) is 0 Å². The molecule has 0 aliphatic rings. The summed E-state index contributed by atoms with van der Waals surface area (Å²) in [5.41, 5.74) is 0. The zero-order valence-corrected chi connectivity index (χ0v) is 7.60. The van der Waals surface area contributed by atoms with Crippen LogP contribution in [0.2, 0.25) is 0 Å². The minimum atomic E-state index is -6.12. The van der Waals surface area contributed by atoms with Crippen molar-refractivity contribution in [1.82, 2.24) is 0 Å². The SMILES string of the molecule is C[C](C)C(F)(F)C(F)(F)C(F)(F)C(F)F. The van der Waals surface area contributed by atoms with E-state index in [1.165, 1.54) is 0 Å². The maximum absolute atomic E-state index is 12.6. The molecular formula is C7H7F8. The maximum Gasteiger partial charge on any atom is 0.378 e. The summed E-state index contributed by atoms with van der Waals surface area (Å²) in [6.07, 6.45) is -4.86. The smallest absolute Gasteiger partial charge is 0.203 e. The summed E-state index contributed by atoms with van der Waals surface area (Å²) in [7, 11) is 0. The third kappa shape index (κ3) is 2.03. The molecule has 0 bridgehead atoms. The Morgan fingerprint density at radius 2 is 1.20 bits per heavy atom. The van der Waals surface area contributed by atoms with E-state index in [0.717, 1.165) is 0 Å². The van der Waals surface area contributed by atoms with Crippen molar-refractivity contribution in [3.05, 3.63) is 5.92 Å². The van der Waals surface area contributed by atoms with E-state index in [-0.39, 0.29) is 0 Å². The van der Waals surface area contributed by atoms with E-state index in [0.29, 0.717) is 13.8 Å². The van der Waals surface area contributed by atoms with Gasteiger partial charge in [0.15, 0.2) is 0 Å². The van der Waals surface area contributed by atoms with E-state index in [2.05, 4.69) is 0 Å². The molecule has 1 radical (unpaired) electrons. The van der Waals surface area contributed by atoms with Gasteiger partial charge in [0.2, 0.25) is 0 Å². The zero-order valence-electron chi connectivity index (χ0n) is 7.60. The Morgan fingerprint density at radius 3 is 1.40 bits per heavy atom. The Balaban J connectivity index is 5.30. The molecule has 8 heteroatoms. The van der Waals surface area contributed by atoms with Crippen LogP contribution in [0, 0.1) is 5.92 Å². The van der Waals surface area contributed by atoms with E-state index in [1.54, 1.807) is 0 Å². The summed E-state index contributed by atoms with van der Waals surface area (Å²) in [6.45, 7) is 0.908. The number of alkyl halides is 8. The third-order valence-electron chi connectivity index (χ3n) is 1.71. The average Bonchev–Trinajstić information content (AvgIpc) is 2.02. The van der Waals surface area contributed by atoms with Crippen LogP contribution in [0.1, 0.15) is 13.8 Å². The van der Waals surface area contributed by atoms with Crippen LogP contribution >= 0.6 is 0 Å². The molecule has 0 aromatic rings. The van der Waals surface area contributed by atoms with Gasteiger partial charge in [-0.2, -0.15) is 26.3 Å². The molecule has 0 heterocycles. The fraction of sp³-hybridized carbons (Fsp3) is 0.857. The molecular weight excluding hydrogens is 236 g/mol. The number of rotatable bonds is 4. The minimum Gasteiger partial charge on any atom is -0.203 e. The number of hydrogen-bond donors (Lipinski definition) is 0. The second-order valence-corrected chi connectivity index (χ2v) is 3.07. The predicted octanol–water partition coefficient (Wildman–Crippen LogP) is 3.77. The summed E-state index contributed by atoms with van der Waals surface area (Å²) in [5.74, 6) is -18.8. The zero-order chi connectivity index (χ0) is 12.7. The van der Waals surface area contributed by atoms with E-state index >= 15 is 0 Å². The standard InChI is InChI=1S/C7H7F8/c1-3(2)5(10,11)7(14,15)6(12,13)4(8)9/h4H,1-2H3. The molecule has 0 aromatic carbocycles. The summed E-state index contributed by atoms with van der Waals surface area (Å²) < 4.78 is 97.6. The van der Waals surface area contributed by atoms with Crippen LogP contribution < -0.4 is 0 Å². The molecule has 0 amide bonds. The molecule has 0 aromatic heterocycles. The predicted molar refractivity (Wildman–Crippen MR) is 35.4 cm³/mol. The highest BCUT2D eigenvalue weighted by molar-refractivity contribution is 5.09. The summed E-state index contributed by atoms with van der Waals surface area (Å²) in [6, 6.07) is 0. The molecule has 91 valence electrons. The first-order chi connectivity index (χ1) is 6.39. The molecule has 0 aliphatic heterocycles. The molecule has 0 aliphatic carbocycles. The lowest BCUT2D eigenvalue weighted by molar-refractivity contribution is -0.332. The molecule has 0 saturated heterocycles. The Hall–Kier alpha value is -0.560. The molecule has 0 N–H and O–H groups in total. The Morgan fingerprint density at radius 1 is 0.867 bits per heavy atom. The van der Waals surface area contributed by atoms with E-state index < -0.39 is 30.1 Å². The fourth-order valence-corrected chi connectivity index (χ4v) is 0.660. The van der Waals surface area contributed by atoms with E-state index in [9.17, 15) is 35.1 Å². The molecule has 15 heavy (non-hydrogen) atoms. The van der Waals surface area contributed by atoms with Gasteiger partial charge in [0.25, 0.3) is 0 Å². The largest absolute Gasteiger partial charge is 0.378 e. The van der Waals surface area contributed by atoms with Crippen molar-refractivity contribution < 1.29 is 35.1 Å². The van der Waals surface area contributed by atoms with Crippen molar-refractivity contribution in [2.45, 2.75) is 38.0 Å². The first-order valence-electron chi connectivity index (χ1n) is 3.61. The van der Waals surface area contributed by atoms with Crippen LogP contribution in [0.4, 0.5) is 35.1 Å². The summed E-state index contributed by atoms with van der Waals surface area (Å²) >= 11 is 0. The van der Waals surface area contributed by atoms with Gasteiger partial charge in [-0.1, -0.05) is 13.8 Å². The topological polar surface area (TPSA) is 0 Å². The second kappa shape index (κ2) is 3.79. The number of halogens is 8. The Kier molecular flexibility index (Phi) is 3.64. The third-order valence-corrected chi connectivity index (χ3v) is 1.71. The summed E-state index contributed by atoms with van der Waals surface area (Å²) in [5, 5.41) is 0. The van der Waals surface area contributed by atoms with E-state index in [4.69, 9.17) is 0 Å². The van der Waals surface area contributed by atoms with Gasteiger partial charge in [0, 0.05) is 5.92 Å². The van der Waals surface area contributed by atoms with Crippen LogP contribution in [0.3, 0.4) is 0 Å². The van der Waals surface area contributed by atoms with Crippen molar-refractivity contribution in [2.24, 2.45) is 0 Å². The van der Waals surface area contributed by atoms with Crippen LogP contribution in [0.5, 0.6) is 0 Å². The van der Waals surface area contributed by atoms with Gasteiger partial charge < -0.3 is 0 Å². The van der Waals surface area contributed by atoms with Crippen molar-refractivity contribution in [2.75, 3.05) is 0 Å². The van der Waals surface area contributed by atoms with Gasteiger partial charge in [-0.05, 0) is 0 Å². The highest BCUT2D eigenvalue weighted by atomic mass is 19.4. The van der Waals surface area contributed by atoms with E-state index in [1.807, 2.05) is 0 Å². The van der Waals surface area contributed by atoms with Crippen molar-refractivity contribution in [1.29, 1.82) is 0 Å². The van der Waals surface area contributed by atoms with Gasteiger partial charge in [-0.3, -0.25) is 0 Å². The van der Waals surface area contributed by atoms with Gasteiger partial charge in [-0.15, -0.1) is 0 Å². The molecule has 0 spiro atoms. The fourth-order valence-electron chi connectivity index (χ4n) is 0.660. The molecule has 0 fully saturated rings.